The summed E-state index contributed by atoms with van der Waals surface area (Å²) in [5.41, 5.74) is 4.23. The number of rotatable bonds is 6. The molecule has 1 aliphatic rings. The van der Waals surface area contributed by atoms with Crippen molar-refractivity contribution in [3.8, 4) is 0 Å². The van der Waals surface area contributed by atoms with Crippen LogP contribution in [0, 0.1) is 6.92 Å². The Bertz CT molecular complexity index is 1020. The summed E-state index contributed by atoms with van der Waals surface area (Å²) in [6.45, 7) is 8.16. The second-order valence-electron chi connectivity index (χ2n) is 8.80. The molecule has 0 aromatic heterocycles. The predicted octanol–water partition coefficient (Wildman–Crippen LogP) is 3.75. The van der Waals surface area contributed by atoms with Gasteiger partial charge < -0.3 is 15.5 Å². The summed E-state index contributed by atoms with van der Waals surface area (Å²) in [6.07, 6.45) is 0.218. The maximum atomic E-state index is 13.2. The maximum absolute atomic E-state index is 13.2. The molecule has 0 unspecified atom stereocenters. The topological polar surface area (TPSA) is 81.8 Å². The molecule has 0 fully saturated rings. The van der Waals surface area contributed by atoms with Crippen molar-refractivity contribution in [3.05, 3.63) is 53.6 Å². The van der Waals surface area contributed by atoms with Crippen LogP contribution in [0.25, 0.3) is 0 Å². The van der Waals surface area contributed by atoms with E-state index in [0.29, 0.717) is 11.4 Å². The number of carbonyl (C=O) groups is 3. The van der Waals surface area contributed by atoms with Crippen molar-refractivity contribution in [2.75, 3.05) is 35.7 Å². The minimum absolute atomic E-state index is 0.0606. The lowest BCUT2D eigenvalue weighted by molar-refractivity contribution is -0.121. The molecular weight excluding hydrogens is 404 g/mol. The molecule has 3 amide bonds. The van der Waals surface area contributed by atoms with Gasteiger partial charge in [0, 0.05) is 18.2 Å². The molecule has 1 atom stereocenters. The number of amides is 3. The molecule has 0 bridgehead atoms. The number of nitrogens with zero attached hydrogens (tertiary/aromatic N) is 2. The molecule has 1 aliphatic heterocycles. The summed E-state index contributed by atoms with van der Waals surface area (Å²) < 4.78 is 0. The lowest BCUT2D eigenvalue weighted by atomic mass is 9.98. The minimum Gasteiger partial charge on any atom is -0.324 e. The highest BCUT2D eigenvalue weighted by molar-refractivity contribution is 6.05. The zero-order valence-electron chi connectivity index (χ0n) is 19.4. The average molecular weight is 437 g/mol. The summed E-state index contributed by atoms with van der Waals surface area (Å²) in [5.74, 6) is -0.161. The SMILES string of the molecule is Cc1cccc(C(C)C)c1NC(=O)CN(C)CC(=O)N1c2ccccc2NC(=O)C[C@H]1C. The zero-order valence-corrected chi connectivity index (χ0v) is 19.4. The lowest BCUT2D eigenvalue weighted by Crippen LogP contribution is -2.45. The van der Waals surface area contributed by atoms with E-state index in [1.165, 1.54) is 0 Å². The van der Waals surface area contributed by atoms with E-state index in [9.17, 15) is 14.4 Å². The molecule has 0 spiro atoms. The summed E-state index contributed by atoms with van der Waals surface area (Å²) in [7, 11) is 1.75. The van der Waals surface area contributed by atoms with Crippen molar-refractivity contribution in [1.29, 1.82) is 0 Å². The van der Waals surface area contributed by atoms with Crippen LogP contribution in [-0.4, -0.2) is 48.8 Å². The molecule has 1 heterocycles. The van der Waals surface area contributed by atoms with E-state index in [0.717, 1.165) is 16.8 Å². The third-order valence-electron chi connectivity index (χ3n) is 5.64. The van der Waals surface area contributed by atoms with Gasteiger partial charge in [-0.05, 0) is 50.1 Å². The molecule has 32 heavy (non-hydrogen) atoms. The van der Waals surface area contributed by atoms with E-state index in [1.807, 2.05) is 50.2 Å². The Labute approximate surface area is 189 Å². The molecular formula is C25H32N4O3. The molecule has 0 saturated heterocycles. The lowest BCUT2D eigenvalue weighted by Gasteiger charge is -2.29. The Balaban J connectivity index is 1.69. The number of anilines is 3. The Hall–Kier alpha value is -3.19. The normalized spacial score (nSPS) is 15.9. The van der Waals surface area contributed by atoms with Crippen LogP contribution in [0.4, 0.5) is 17.1 Å². The first kappa shape index (κ1) is 23.5. The Morgan fingerprint density at radius 3 is 2.59 bits per heavy atom. The van der Waals surface area contributed by atoms with E-state index in [-0.39, 0.29) is 49.2 Å². The molecule has 2 aromatic rings. The third-order valence-corrected chi connectivity index (χ3v) is 5.64. The van der Waals surface area contributed by atoms with Gasteiger partial charge in [0.2, 0.25) is 17.7 Å². The number of fused-ring (bicyclic) bond motifs is 1. The molecule has 0 aliphatic carbocycles. The molecule has 170 valence electrons. The predicted molar refractivity (Wildman–Crippen MR) is 128 cm³/mol. The van der Waals surface area contributed by atoms with Gasteiger partial charge in [-0.3, -0.25) is 19.3 Å². The number of para-hydroxylation sites is 3. The molecule has 0 saturated carbocycles. The Morgan fingerprint density at radius 2 is 1.88 bits per heavy atom. The fraction of sp³-hybridized carbons (Fsp3) is 0.400. The van der Waals surface area contributed by atoms with Crippen LogP contribution in [-0.2, 0) is 14.4 Å². The van der Waals surface area contributed by atoms with E-state index < -0.39 is 0 Å². The van der Waals surface area contributed by atoms with E-state index in [2.05, 4.69) is 24.5 Å². The summed E-state index contributed by atoms with van der Waals surface area (Å²) in [4.78, 5) is 41.4. The number of carbonyl (C=O) groups excluding carboxylic acids is 3. The van der Waals surface area contributed by atoms with E-state index in [4.69, 9.17) is 0 Å². The minimum atomic E-state index is -0.283. The van der Waals surface area contributed by atoms with E-state index in [1.54, 1.807) is 22.9 Å². The van der Waals surface area contributed by atoms with Crippen LogP contribution >= 0.6 is 0 Å². The maximum Gasteiger partial charge on any atom is 0.241 e. The highest BCUT2D eigenvalue weighted by Gasteiger charge is 2.30. The van der Waals surface area contributed by atoms with Crippen LogP contribution in [0.1, 0.15) is 44.2 Å². The number of aryl methyl sites for hydroxylation is 1. The Morgan fingerprint density at radius 1 is 1.16 bits per heavy atom. The largest absolute Gasteiger partial charge is 0.324 e. The first-order valence-corrected chi connectivity index (χ1v) is 11.0. The van der Waals surface area contributed by atoms with Crippen molar-refractivity contribution in [2.45, 2.75) is 46.1 Å². The standard InChI is InChI=1S/C25H32N4O3/c1-16(2)19-10-8-9-17(3)25(19)27-23(31)14-28(5)15-24(32)29-18(4)13-22(30)26-20-11-6-7-12-21(20)29/h6-12,16,18H,13-15H2,1-5H3,(H,26,30)(H,27,31)/t18-/m1/s1. The fourth-order valence-corrected chi connectivity index (χ4v) is 4.10. The van der Waals surface area contributed by atoms with Crippen molar-refractivity contribution in [1.82, 2.24) is 4.90 Å². The summed E-state index contributed by atoms with van der Waals surface area (Å²) in [6, 6.07) is 13.0. The summed E-state index contributed by atoms with van der Waals surface area (Å²) in [5, 5.41) is 5.88. The molecule has 7 heteroatoms. The van der Waals surface area contributed by atoms with Crippen LogP contribution in [0.5, 0.6) is 0 Å². The zero-order chi connectivity index (χ0) is 23.4. The summed E-state index contributed by atoms with van der Waals surface area (Å²) >= 11 is 0. The van der Waals surface area contributed by atoms with Gasteiger partial charge in [-0.1, -0.05) is 44.2 Å². The van der Waals surface area contributed by atoms with Crippen molar-refractivity contribution in [2.24, 2.45) is 0 Å². The van der Waals surface area contributed by atoms with Crippen LogP contribution in [0.2, 0.25) is 0 Å². The first-order valence-electron chi connectivity index (χ1n) is 11.0. The van der Waals surface area contributed by atoms with Gasteiger partial charge in [0.1, 0.15) is 0 Å². The van der Waals surface area contributed by atoms with Gasteiger partial charge in [-0.15, -0.1) is 0 Å². The molecule has 2 N–H and O–H groups in total. The van der Waals surface area contributed by atoms with Crippen LogP contribution in [0.3, 0.4) is 0 Å². The van der Waals surface area contributed by atoms with Gasteiger partial charge >= 0.3 is 0 Å². The quantitative estimate of drug-likeness (QED) is 0.723. The highest BCUT2D eigenvalue weighted by Crippen LogP contribution is 2.31. The van der Waals surface area contributed by atoms with Gasteiger partial charge in [-0.25, -0.2) is 0 Å². The Kier molecular flexibility index (Phi) is 7.30. The molecule has 7 nitrogen and oxygen atoms in total. The van der Waals surface area contributed by atoms with Gasteiger partial charge in [0.25, 0.3) is 0 Å². The van der Waals surface area contributed by atoms with Crippen LogP contribution < -0.4 is 15.5 Å². The highest BCUT2D eigenvalue weighted by atomic mass is 16.2. The first-order chi connectivity index (χ1) is 15.2. The van der Waals surface area contributed by atoms with Gasteiger partial charge in [-0.2, -0.15) is 0 Å². The second-order valence-corrected chi connectivity index (χ2v) is 8.80. The number of nitrogens with one attached hydrogen (secondary N) is 2. The third kappa shape index (κ3) is 5.34. The van der Waals surface area contributed by atoms with E-state index >= 15 is 0 Å². The van der Waals surface area contributed by atoms with Crippen molar-refractivity contribution >= 4 is 34.8 Å². The molecule has 2 aromatic carbocycles. The van der Waals surface area contributed by atoms with Crippen LogP contribution in [0.15, 0.2) is 42.5 Å². The average Bonchev–Trinajstić information content (AvgIpc) is 2.83. The van der Waals surface area contributed by atoms with Crippen molar-refractivity contribution in [3.63, 3.8) is 0 Å². The second kappa shape index (κ2) is 9.96. The number of benzene rings is 2. The number of hydrogen-bond donors (Lipinski definition) is 2. The van der Waals surface area contributed by atoms with Crippen molar-refractivity contribution < 1.29 is 14.4 Å². The fourth-order valence-electron chi connectivity index (χ4n) is 4.10. The number of likely N-dealkylation sites (N-methyl/N-ethyl adjacent to an activating group) is 1. The smallest absolute Gasteiger partial charge is 0.241 e. The molecule has 0 radical (unpaired) electrons. The molecule has 3 rings (SSSR count). The monoisotopic (exact) mass is 436 g/mol. The van der Waals surface area contributed by atoms with Gasteiger partial charge in [0.05, 0.1) is 24.5 Å². The van der Waals surface area contributed by atoms with Gasteiger partial charge in [0.15, 0.2) is 0 Å². The number of hydrogen-bond acceptors (Lipinski definition) is 4.